The van der Waals surface area contributed by atoms with Gasteiger partial charge in [0.2, 0.25) is 11.8 Å². The third kappa shape index (κ3) is 8.50. The molecule has 0 aliphatic rings. The van der Waals surface area contributed by atoms with E-state index < -0.39 is 28.5 Å². The molecule has 0 aromatic heterocycles. The van der Waals surface area contributed by atoms with Crippen molar-refractivity contribution in [3.05, 3.63) is 83.9 Å². The number of carbonyl (C=O) groups excluding carboxylic acids is 2. The summed E-state index contributed by atoms with van der Waals surface area (Å²) in [5.74, 6) is -0.233. The number of carbonyl (C=O) groups is 2. The standard InChI is InChI=1S/C31H39N3O5S2/c1-7-39-27-14-12-26(13-15-27)34(41(37,38)29-18-16-28(40-6)17-19-29)21-30(35)33(24(5)31(36)32-22(2)3)20-25-10-8-23(4)9-11-25/h8-19,22,24H,7,20-21H2,1-6H3,(H,32,36)/t24-/m0/s1. The molecule has 0 radical (unpaired) electrons. The van der Waals surface area contributed by atoms with Crippen LogP contribution in [0.15, 0.2) is 82.6 Å². The molecule has 3 aromatic rings. The molecule has 0 spiro atoms. The number of aryl methyl sites for hydroxylation is 1. The van der Waals surface area contributed by atoms with Crippen LogP contribution in [0.5, 0.6) is 5.75 Å². The monoisotopic (exact) mass is 597 g/mol. The molecule has 1 N–H and O–H groups in total. The zero-order valence-electron chi connectivity index (χ0n) is 24.5. The fourth-order valence-electron chi connectivity index (χ4n) is 4.16. The van der Waals surface area contributed by atoms with Crippen LogP contribution < -0.4 is 14.4 Å². The summed E-state index contributed by atoms with van der Waals surface area (Å²) in [7, 11) is -4.14. The normalized spacial score (nSPS) is 12.1. The predicted molar refractivity (Wildman–Crippen MR) is 165 cm³/mol. The van der Waals surface area contributed by atoms with E-state index in [1.807, 2.05) is 58.2 Å². The van der Waals surface area contributed by atoms with Crippen LogP contribution in [0.3, 0.4) is 0 Å². The zero-order valence-corrected chi connectivity index (χ0v) is 26.1. The molecule has 3 aromatic carbocycles. The number of thioether (sulfide) groups is 1. The summed E-state index contributed by atoms with van der Waals surface area (Å²) in [6.45, 7) is 9.29. The Kier molecular flexibility index (Phi) is 11.3. The highest BCUT2D eigenvalue weighted by Crippen LogP contribution is 2.28. The maximum absolute atomic E-state index is 14.0. The molecule has 220 valence electrons. The van der Waals surface area contributed by atoms with Gasteiger partial charge in [-0.2, -0.15) is 0 Å². The van der Waals surface area contributed by atoms with Crippen LogP contribution >= 0.6 is 11.8 Å². The van der Waals surface area contributed by atoms with E-state index in [-0.39, 0.29) is 23.4 Å². The van der Waals surface area contributed by atoms with Crippen molar-refractivity contribution in [2.24, 2.45) is 0 Å². The van der Waals surface area contributed by atoms with Crippen molar-refractivity contribution in [3.8, 4) is 5.75 Å². The van der Waals surface area contributed by atoms with Crippen molar-refractivity contribution < 1.29 is 22.7 Å². The van der Waals surface area contributed by atoms with Gasteiger partial charge in [0.1, 0.15) is 18.3 Å². The largest absolute Gasteiger partial charge is 0.494 e. The molecule has 0 unspecified atom stereocenters. The van der Waals surface area contributed by atoms with Crippen LogP contribution in [-0.2, 0) is 26.2 Å². The van der Waals surface area contributed by atoms with Crippen molar-refractivity contribution >= 4 is 39.3 Å². The molecule has 0 saturated heterocycles. The number of hydrogen-bond donors (Lipinski definition) is 1. The molecule has 0 heterocycles. The highest BCUT2D eigenvalue weighted by Gasteiger charge is 2.32. The maximum atomic E-state index is 14.0. The minimum absolute atomic E-state index is 0.0627. The summed E-state index contributed by atoms with van der Waals surface area (Å²) in [6, 6.07) is 19.8. The van der Waals surface area contributed by atoms with Crippen molar-refractivity contribution in [1.82, 2.24) is 10.2 Å². The quantitative estimate of drug-likeness (QED) is 0.270. The van der Waals surface area contributed by atoms with Crippen LogP contribution in [0.2, 0.25) is 0 Å². The van der Waals surface area contributed by atoms with Crippen molar-refractivity contribution in [3.63, 3.8) is 0 Å². The van der Waals surface area contributed by atoms with Crippen molar-refractivity contribution in [2.75, 3.05) is 23.7 Å². The summed E-state index contributed by atoms with van der Waals surface area (Å²) in [5.41, 5.74) is 2.21. The summed E-state index contributed by atoms with van der Waals surface area (Å²) < 4.78 is 34.6. The fourth-order valence-corrected chi connectivity index (χ4v) is 5.98. The molecule has 0 aliphatic heterocycles. The van der Waals surface area contributed by atoms with Gasteiger partial charge in [0.15, 0.2) is 0 Å². The van der Waals surface area contributed by atoms with E-state index in [1.54, 1.807) is 43.3 Å². The minimum Gasteiger partial charge on any atom is -0.494 e. The summed E-state index contributed by atoms with van der Waals surface area (Å²) in [6.07, 6.45) is 1.91. The van der Waals surface area contributed by atoms with Gasteiger partial charge in [0, 0.05) is 17.5 Å². The van der Waals surface area contributed by atoms with Crippen LogP contribution in [-0.4, -0.2) is 56.6 Å². The van der Waals surface area contributed by atoms with Gasteiger partial charge in [0.25, 0.3) is 10.0 Å². The second-order valence-electron chi connectivity index (χ2n) is 9.96. The molecule has 1 atom stereocenters. The third-order valence-corrected chi connectivity index (χ3v) is 8.97. The number of ether oxygens (including phenoxy) is 1. The number of nitrogens with zero attached hydrogens (tertiary/aromatic N) is 2. The van der Waals surface area contributed by atoms with Gasteiger partial charge >= 0.3 is 0 Å². The second-order valence-corrected chi connectivity index (χ2v) is 12.7. The Morgan fingerprint density at radius 2 is 1.54 bits per heavy atom. The minimum atomic E-state index is -4.14. The fraction of sp³-hybridized carbons (Fsp3) is 0.355. The summed E-state index contributed by atoms with van der Waals surface area (Å²) in [4.78, 5) is 29.4. The Morgan fingerprint density at radius 1 is 0.927 bits per heavy atom. The van der Waals surface area contributed by atoms with Crippen LogP contribution in [0.25, 0.3) is 0 Å². The molecule has 2 amide bonds. The van der Waals surface area contributed by atoms with E-state index in [1.165, 1.54) is 28.8 Å². The van der Waals surface area contributed by atoms with Gasteiger partial charge in [-0.05, 0) is 95.0 Å². The number of sulfonamides is 1. The Hall–Kier alpha value is -3.50. The van der Waals surface area contributed by atoms with Gasteiger partial charge in [-0.1, -0.05) is 29.8 Å². The number of benzene rings is 3. The van der Waals surface area contributed by atoms with E-state index in [4.69, 9.17) is 4.74 Å². The smallest absolute Gasteiger partial charge is 0.264 e. The molecular formula is C31H39N3O5S2. The average Bonchev–Trinajstić information content (AvgIpc) is 2.95. The first-order chi connectivity index (χ1) is 19.5. The first-order valence-corrected chi connectivity index (χ1v) is 16.2. The maximum Gasteiger partial charge on any atom is 0.264 e. The van der Waals surface area contributed by atoms with E-state index in [0.29, 0.717) is 18.0 Å². The summed E-state index contributed by atoms with van der Waals surface area (Å²) in [5, 5.41) is 2.86. The highest BCUT2D eigenvalue weighted by atomic mass is 32.2. The van der Waals surface area contributed by atoms with Crippen LogP contribution in [0.1, 0.15) is 38.8 Å². The van der Waals surface area contributed by atoms with Gasteiger partial charge in [0.05, 0.1) is 17.2 Å². The van der Waals surface area contributed by atoms with E-state index >= 15 is 0 Å². The van der Waals surface area contributed by atoms with E-state index in [2.05, 4.69) is 5.32 Å². The summed E-state index contributed by atoms with van der Waals surface area (Å²) >= 11 is 1.50. The molecule has 0 bridgehead atoms. The molecular weight excluding hydrogens is 558 g/mol. The van der Waals surface area contributed by atoms with Gasteiger partial charge in [-0.3, -0.25) is 13.9 Å². The van der Waals surface area contributed by atoms with Crippen LogP contribution in [0.4, 0.5) is 5.69 Å². The first kappa shape index (κ1) is 32.0. The number of nitrogens with one attached hydrogen (secondary N) is 1. The lowest BCUT2D eigenvalue weighted by Crippen LogP contribution is -2.52. The van der Waals surface area contributed by atoms with E-state index in [0.717, 1.165) is 20.3 Å². The average molecular weight is 598 g/mol. The molecule has 0 saturated carbocycles. The van der Waals surface area contributed by atoms with E-state index in [9.17, 15) is 18.0 Å². The Morgan fingerprint density at radius 3 is 2.07 bits per heavy atom. The lowest BCUT2D eigenvalue weighted by molar-refractivity contribution is -0.139. The second kappa shape index (κ2) is 14.4. The lowest BCUT2D eigenvalue weighted by Gasteiger charge is -2.32. The molecule has 8 nitrogen and oxygen atoms in total. The topological polar surface area (TPSA) is 96.0 Å². The molecule has 41 heavy (non-hydrogen) atoms. The van der Waals surface area contributed by atoms with Gasteiger partial charge < -0.3 is 15.0 Å². The Balaban J connectivity index is 2.03. The highest BCUT2D eigenvalue weighted by molar-refractivity contribution is 7.98. The zero-order chi connectivity index (χ0) is 30.2. The number of rotatable bonds is 13. The first-order valence-electron chi connectivity index (χ1n) is 13.5. The van der Waals surface area contributed by atoms with Crippen molar-refractivity contribution in [2.45, 2.75) is 63.0 Å². The number of anilines is 1. The van der Waals surface area contributed by atoms with Crippen molar-refractivity contribution in [1.29, 1.82) is 0 Å². The predicted octanol–water partition coefficient (Wildman–Crippen LogP) is 5.25. The van der Waals surface area contributed by atoms with Gasteiger partial charge in [-0.25, -0.2) is 8.42 Å². The molecule has 0 aliphatic carbocycles. The van der Waals surface area contributed by atoms with Gasteiger partial charge in [-0.15, -0.1) is 11.8 Å². The lowest BCUT2D eigenvalue weighted by atomic mass is 10.1. The number of hydrogen-bond acceptors (Lipinski definition) is 6. The molecule has 0 fully saturated rings. The Bertz CT molecular complexity index is 1410. The molecule has 10 heteroatoms. The SMILES string of the molecule is CCOc1ccc(N(CC(=O)N(Cc2ccc(C)cc2)[C@@H](C)C(=O)NC(C)C)S(=O)(=O)c2ccc(SC)cc2)cc1. The molecule has 3 rings (SSSR count). The third-order valence-electron chi connectivity index (χ3n) is 6.43. The number of amides is 2. The van der Waals surface area contributed by atoms with Crippen LogP contribution in [0, 0.1) is 6.92 Å². The Labute approximate surface area is 248 Å².